The quantitative estimate of drug-likeness (QED) is 0.402. The van der Waals surface area contributed by atoms with Gasteiger partial charge in [0.1, 0.15) is 12.8 Å². The van der Waals surface area contributed by atoms with Crippen LogP contribution in [0.4, 0.5) is 0 Å². The number of hydrogen-bond acceptors (Lipinski definition) is 7. The van der Waals surface area contributed by atoms with E-state index in [0.717, 1.165) is 7.11 Å². The molecule has 0 fully saturated rings. The van der Waals surface area contributed by atoms with Gasteiger partial charge >= 0.3 is 25.3 Å². The summed E-state index contributed by atoms with van der Waals surface area (Å²) in [5, 5.41) is 7.91. The Morgan fingerprint density at radius 2 is 1.12 bits per heavy atom. The second-order valence-corrected chi connectivity index (χ2v) is 2.48. The highest BCUT2D eigenvalue weighted by Crippen LogP contribution is 1.85. The molecule has 0 heterocycles. The maximum atomic E-state index is 10.3. The monoisotopic (exact) mass is 251 g/mol. The summed E-state index contributed by atoms with van der Waals surface area (Å²) >= 11 is 0. The molecule has 0 saturated carbocycles. The molecule has 0 amide bonds. The van der Waals surface area contributed by atoms with E-state index >= 15 is 0 Å². The molecule has 0 atom stereocenters. The van der Waals surface area contributed by atoms with Crippen LogP contribution in [0, 0.1) is 0 Å². The average molecular weight is 251 g/mol. The Morgan fingerprint density at radius 3 is 1.29 bits per heavy atom. The minimum absolute atomic E-state index is 0. The van der Waals surface area contributed by atoms with Gasteiger partial charge in [-0.05, 0) is 0 Å². The van der Waals surface area contributed by atoms with Gasteiger partial charge in [-0.2, -0.15) is 0 Å². The van der Waals surface area contributed by atoms with Gasteiger partial charge in [-0.25, -0.2) is 0 Å². The minimum atomic E-state index is -1.17. The van der Waals surface area contributed by atoms with E-state index < -0.39 is 30.3 Å². The van der Waals surface area contributed by atoms with Crippen LogP contribution >= 0.6 is 0 Å². The summed E-state index contributed by atoms with van der Waals surface area (Å²) in [6.45, 7) is 0. The molecule has 0 unspecified atom stereocenters. The predicted molar refractivity (Wildman–Crippen MR) is 54.0 cm³/mol. The third-order valence-corrected chi connectivity index (χ3v) is 1.27. The van der Waals surface area contributed by atoms with Gasteiger partial charge in [0.15, 0.2) is 0 Å². The Hall–Kier alpha value is -2.12. The zero-order valence-electron chi connectivity index (χ0n) is 10.7. The molecule has 0 aromatic carbocycles. The third kappa shape index (κ3) is 13.9. The molecule has 1 N–H and O–H groups in total. The molecule has 0 aromatic rings. The van der Waals surface area contributed by atoms with Crippen molar-refractivity contribution >= 4 is 23.9 Å². The SMILES string of the molecule is COC(=O)CC(=O)O.COC(=O)CC(=O)OC.[H+]. The number of hydrogen-bond donors (Lipinski definition) is 1. The van der Waals surface area contributed by atoms with E-state index in [0.29, 0.717) is 0 Å². The van der Waals surface area contributed by atoms with Crippen molar-refractivity contribution in [2.24, 2.45) is 0 Å². The molecule has 0 saturated heterocycles. The number of carboxylic acid groups (broad SMARTS) is 1. The molecule has 0 aliphatic carbocycles. The highest BCUT2D eigenvalue weighted by atomic mass is 16.5. The first-order chi connectivity index (χ1) is 7.87. The number of carboxylic acids is 1. The maximum absolute atomic E-state index is 10.3. The van der Waals surface area contributed by atoms with Crippen LogP contribution in [0.15, 0.2) is 0 Å². The van der Waals surface area contributed by atoms with E-state index in [1.54, 1.807) is 0 Å². The molecule has 8 heteroatoms. The van der Waals surface area contributed by atoms with E-state index in [2.05, 4.69) is 14.2 Å². The maximum Gasteiger partial charge on any atom is 1.00 e. The Labute approximate surface area is 98.9 Å². The molecule has 17 heavy (non-hydrogen) atoms. The molecule has 0 aliphatic rings. The number of esters is 3. The van der Waals surface area contributed by atoms with Gasteiger partial charge in [0.05, 0.1) is 21.3 Å². The number of carbonyl (C=O) groups is 4. The average Bonchev–Trinajstić information content (AvgIpc) is 2.28. The first-order valence-electron chi connectivity index (χ1n) is 4.29. The van der Waals surface area contributed by atoms with Crippen molar-refractivity contribution in [3.05, 3.63) is 0 Å². The second-order valence-electron chi connectivity index (χ2n) is 2.48. The number of ether oxygens (including phenoxy) is 3. The molecule has 0 aromatic heterocycles. The van der Waals surface area contributed by atoms with Crippen molar-refractivity contribution in [2.45, 2.75) is 12.8 Å². The molecule has 0 bridgehead atoms. The summed E-state index contributed by atoms with van der Waals surface area (Å²) in [5.41, 5.74) is 0. The molecule has 98 valence electrons. The largest absolute Gasteiger partial charge is 1.00 e. The van der Waals surface area contributed by atoms with Crippen LogP contribution in [0.3, 0.4) is 0 Å². The summed E-state index contributed by atoms with van der Waals surface area (Å²) < 4.78 is 12.4. The summed E-state index contributed by atoms with van der Waals surface area (Å²) in [6, 6.07) is 0. The normalized spacial score (nSPS) is 8.18. The fourth-order valence-corrected chi connectivity index (χ4v) is 0.458. The standard InChI is InChI=1S/C5H8O4.C4H6O4/c1-8-4(6)3-5(7)9-2;1-8-4(7)2-3(5)6/h3H2,1-2H3;2H2,1H3,(H,5,6)/p+1. The van der Waals surface area contributed by atoms with Crippen molar-refractivity contribution in [2.75, 3.05) is 21.3 Å². The summed E-state index contributed by atoms with van der Waals surface area (Å²) in [5.74, 6) is -3.06. The fraction of sp³-hybridized carbons (Fsp3) is 0.556. The van der Waals surface area contributed by atoms with Crippen LogP contribution in [-0.4, -0.2) is 50.3 Å². The first-order valence-corrected chi connectivity index (χ1v) is 4.29. The van der Waals surface area contributed by atoms with Crippen molar-refractivity contribution in [3.8, 4) is 0 Å². The van der Waals surface area contributed by atoms with Crippen molar-refractivity contribution in [3.63, 3.8) is 0 Å². The Morgan fingerprint density at radius 1 is 0.824 bits per heavy atom. The topological polar surface area (TPSA) is 116 Å². The lowest BCUT2D eigenvalue weighted by molar-refractivity contribution is -0.152. The van der Waals surface area contributed by atoms with Gasteiger partial charge in [-0.3, -0.25) is 19.2 Å². The lowest BCUT2D eigenvalue weighted by Gasteiger charge is -1.95. The highest BCUT2D eigenvalue weighted by Gasteiger charge is 2.07. The van der Waals surface area contributed by atoms with Crippen LogP contribution < -0.4 is 0 Å². The molecular formula is C9H15O8+. The summed E-state index contributed by atoms with van der Waals surface area (Å²) in [4.78, 5) is 40.2. The van der Waals surface area contributed by atoms with E-state index in [-0.39, 0.29) is 7.85 Å². The van der Waals surface area contributed by atoms with Gasteiger partial charge < -0.3 is 19.3 Å². The van der Waals surface area contributed by atoms with E-state index in [4.69, 9.17) is 5.11 Å². The molecule has 0 radical (unpaired) electrons. The van der Waals surface area contributed by atoms with Crippen molar-refractivity contribution in [1.29, 1.82) is 0 Å². The van der Waals surface area contributed by atoms with Crippen LogP contribution in [0.25, 0.3) is 0 Å². The first kappa shape index (κ1) is 17.3. The molecule has 0 rings (SSSR count). The Bertz CT molecular complexity index is 274. The van der Waals surface area contributed by atoms with Gasteiger partial charge in [-0.1, -0.05) is 0 Å². The summed E-state index contributed by atoms with van der Waals surface area (Å²) in [6.07, 6.45) is -0.872. The van der Waals surface area contributed by atoms with Crippen LogP contribution in [0.2, 0.25) is 0 Å². The second kappa shape index (κ2) is 10.4. The zero-order valence-corrected chi connectivity index (χ0v) is 9.72. The summed E-state index contributed by atoms with van der Waals surface area (Å²) in [7, 11) is 3.57. The number of aliphatic carboxylic acids is 1. The number of methoxy groups -OCH3 is 3. The minimum Gasteiger partial charge on any atom is -0.481 e. The van der Waals surface area contributed by atoms with E-state index in [1.165, 1.54) is 14.2 Å². The molecule has 8 nitrogen and oxygen atoms in total. The number of rotatable bonds is 4. The van der Waals surface area contributed by atoms with Crippen molar-refractivity contribution < 1.29 is 39.9 Å². The fourth-order valence-electron chi connectivity index (χ4n) is 0.458. The van der Waals surface area contributed by atoms with Gasteiger partial charge in [0.2, 0.25) is 0 Å². The van der Waals surface area contributed by atoms with E-state index in [9.17, 15) is 19.2 Å². The van der Waals surface area contributed by atoms with Crippen molar-refractivity contribution in [1.82, 2.24) is 0 Å². The lowest BCUT2D eigenvalue weighted by atomic mass is 10.4. The highest BCUT2D eigenvalue weighted by molar-refractivity contribution is 5.91. The van der Waals surface area contributed by atoms with Crippen LogP contribution in [0.1, 0.15) is 14.3 Å². The number of carbonyl (C=O) groups excluding carboxylic acids is 3. The lowest BCUT2D eigenvalue weighted by Crippen LogP contribution is -2.09. The molecular weight excluding hydrogens is 236 g/mol. The Balaban J connectivity index is -0.000000238. The predicted octanol–water partition coefficient (Wildman–Crippen LogP) is -0.531. The Kier molecular flexibility index (Phi) is 10.6. The third-order valence-electron chi connectivity index (χ3n) is 1.27. The molecule has 0 aliphatic heterocycles. The van der Waals surface area contributed by atoms with E-state index in [1.807, 2.05) is 0 Å². The smallest absolute Gasteiger partial charge is 0.481 e. The van der Waals surface area contributed by atoms with Gasteiger partial charge in [0, 0.05) is 0 Å². The van der Waals surface area contributed by atoms with Crippen LogP contribution in [-0.2, 0) is 33.4 Å². The van der Waals surface area contributed by atoms with Gasteiger partial charge in [0.25, 0.3) is 0 Å². The molecule has 0 spiro atoms. The van der Waals surface area contributed by atoms with Crippen LogP contribution in [0.5, 0.6) is 0 Å². The zero-order chi connectivity index (χ0) is 13.8. The van der Waals surface area contributed by atoms with Gasteiger partial charge in [-0.15, -0.1) is 0 Å².